The molecule has 0 aliphatic heterocycles. The molecule has 1 atom stereocenters. The molecule has 2 aromatic heterocycles. The van der Waals surface area contributed by atoms with Crippen molar-refractivity contribution in [3.05, 3.63) is 70.8 Å². The van der Waals surface area contributed by atoms with Crippen LogP contribution >= 0.6 is 0 Å². The van der Waals surface area contributed by atoms with Crippen LogP contribution in [0.4, 0.5) is 22.0 Å². The highest BCUT2D eigenvalue weighted by Gasteiger charge is 2.43. The van der Waals surface area contributed by atoms with E-state index in [0.717, 1.165) is 0 Å². The quantitative estimate of drug-likeness (QED) is 0.247. The van der Waals surface area contributed by atoms with E-state index in [1.165, 1.54) is 29.9 Å². The van der Waals surface area contributed by atoms with Crippen LogP contribution in [0, 0.1) is 11.6 Å². The first kappa shape index (κ1) is 22.7. The molecule has 0 radical (unpaired) electrons. The molecule has 0 aliphatic carbocycles. The van der Waals surface area contributed by atoms with E-state index < -0.39 is 59.3 Å². The van der Waals surface area contributed by atoms with Crippen molar-refractivity contribution in [2.75, 3.05) is 0 Å². The van der Waals surface area contributed by atoms with Crippen LogP contribution in [0.2, 0.25) is 0 Å². The molecule has 3 rings (SSSR count). The maximum Gasteiger partial charge on any atom is 0.490 e. The van der Waals surface area contributed by atoms with Gasteiger partial charge < -0.3 is 4.74 Å². The number of hydroxylamine groups is 1. The number of carbonyl (C=O) groups excluding carboxylic acids is 2. The fraction of sp³-hybridized carbons (Fsp3) is 0.176. The van der Waals surface area contributed by atoms with Crippen LogP contribution in [-0.2, 0) is 16.1 Å². The average molecular weight is 458 g/mol. The van der Waals surface area contributed by atoms with Crippen LogP contribution in [0.3, 0.4) is 0 Å². The first-order valence-corrected chi connectivity index (χ1v) is 8.49. The number of amides is 1. The zero-order chi connectivity index (χ0) is 23.5. The molecule has 2 N–H and O–H groups in total. The largest absolute Gasteiger partial charge is 0.490 e. The van der Waals surface area contributed by atoms with Crippen molar-refractivity contribution < 1.29 is 41.5 Å². The number of hydrogen-bond acceptors (Lipinski definition) is 8. The van der Waals surface area contributed by atoms with Crippen molar-refractivity contribution in [1.82, 2.24) is 30.7 Å². The van der Waals surface area contributed by atoms with Crippen LogP contribution in [0.25, 0.3) is 0 Å². The molecule has 10 nitrogen and oxygen atoms in total. The molecule has 2 heterocycles. The number of ether oxygens (including phenoxy) is 1. The maximum absolute atomic E-state index is 14.2. The smallest absolute Gasteiger partial charge is 0.441 e. The fourth-order valence-corrected chi connectivity index (χ4v) is 2.47. The number of pyridine rings is 1. The second-order valence-electron chi connectivity index (χ2n) is 6.08. The van der Waals surface area contributed by atoms with Crippen LogP contribution in [0.1, 0.15) is 33.5 Å². The van der Waals surface area contributed by atoms with E-state index in [9.17, 15) is 31.5 Å². The predicted molar refractivity (Wildman–Crippen MR) is 90.8 cm³/mol. The number of hydrogen-bond donors (Lipinski definition) is 2. The predicted octanol–water partition coefficient (Wildman–Crippen LogP) is 1.71. The number of carbonyl (C=O) groups is 2. The molecule has 32 heavy (non-hydrogen) atoms. The van der Waals surface area contributed by atoms with Crippen LogP contribution < -0.4 is 5.48 Å². The molecule has 0 saturated heterocycles. The van der Waals surface area contributed by atoms with Gasteiger partial charge >= 0.3 is 12.1 Å². The lowest BCUT2D eigenvalue weighted by atomic mass is 10.1. The summed E-state index contributed by atoms with van der Waals surface area (Å²) in [4.78, 5) is 27.1. The van der Waals surface area contributed by atoms with Gasteiger partial charge in [-0.2, -0.15) is 18.0 Å². The molecular weight excluding hydrogens is 447 g/mol. The maximum atomic E-state index is 14.2. The van der Waals surface area contributed by atoms with Crippen molar-refractivity contribution >= 4 is 11.9 Å². The van der Waals surface area contributed by atoms with Crippen LogP contribution in [-0.4, -0.2) is 48.5 Å². The van der Waals surface area contributed by atoms with E-state index >= 15 is 0 Å². The van der Waals surface area contributed by atoms with Crippen molar-refractivity contribution in [2.45, 2.75) is 18.8 Å². The van der Waals surface area contributed by atoms with Crippen molar-refractivity contribution in [1.29, 1.82) is 0 Å². The number of rotatable bonds is 6. The summed E-state index contributed by atoms with van der Waals surface area (Å²) in [6.45, 7) is -0.673. The second-order valence-corrected chi connectivity index (χ2v) is 6.08. The van der Waals surface area contributed by atoms with Crippen molar-refractivity contribution in [3.8, 4) is 0 Å². The Bertz CT molecular complexity index is 1110. The van der Waals surface area contributed by atoms with Gasteiger partial charge in [-0.15, -0.1) is 10.2 Å². The summed E-state index contributed by atoms with van der Waals surface area (Å²) in [6.07, 6.45) is -5.88. The van der Waals surface area contributed by atoms with Gasteiger partial charge in [-0.3, -0.25) is 15.0 Å². The van der Waals surface area contributed by atoms with Gasteiger partial charge in [0.05, 0.1) is 12.2 Å². The Kier molecular flexibility index (Phi) is 6.38. The number of benzene rings is 1. The summed E-state index contributed by atoms with van der Waals surface area (Å²) in [5.41, 5.74) is -0.0419. The van der Waals surface area contributed by atoms with Gasteiger partial charge in [0.15, 0.2) is 0 Å². The van der Waals surface area contributed by atoms with Crippen LogP contribution in [0.5, 0.6) is 0 Å². The van der Waals surface area contributed by atoms with E-state index in [-0.39, 0.29) is 5.69 Å². The number of alkyl halides is 3. The molecule has 0 fully saturated rings. The third kappa shape index (κ3) is 5.00. The third-order valence-corrected chi connectivity index (χ3v) is 3.92. The van der Waals surface area contributed by atoms with Crippen LogP contribution in [0.15, 0.2) is 36.5 Å². The highest BCUT2D eigenvalue weighted by Crippen LogP contribution is 2.26. The SMILES string of the molecule is O=C(NO)c1cc(F)c(Cn2nnc(C(OC(=O)C(F)(F)F)c3ccccn3)n2)c(F)c1. The summed E-state index contributed by atoms with van der Waals surface area (Å²) >= 11 is 0. The van der Waals surface area contributed by atoms with Gasteiger partial charge in [0.2, 0.25) is 11.9 Å². The molecule has 168 valence electrons. The second kappa shape index (κ2) is 9.01. The van der Waals surface area contributed by atoms with E-state index in [0.29, 0.717) is 16.9 Å². The Morgan fingerprint density at radius 3 is 2.44 bits per heavy atom. The van der Waals surface area contributed by atoms with Gasteiger partial charge in [-0.25, -0.2) is 19.1 Å². The zero-order valence-corrected chi connectivity index (χ0v) is 15.5. The van der Waals surface area contributed by atoms with E-state index in [2.05, 4.69) is 25.1 Å². The number of aromatic nitrogens is 5. The molecular formula is C17H11F5N6O4. The van der Waals surface area contributed by atoms with Gasteiger partial charge in [-0.1, -0.05) is 6.07 Å². The molecule has 0 aliphatic rings. The molecule has 0 bridgehead atoms. The van der Waals surface area contributed by atoms with Gasteiger partial charge in [0.25, 0.3) is 5.91 Å². The Labute approximate surface area is 174 Å². The minimum absolute atomic E-state index is 0.152. The minimum atomic E-state index is -5.31. The highest BCUT2D eigenvalue weighted by atomic mass is 19.4. The molecule has 3 aromatic rings. The van der Waals surface area contributed by atoms with Crippen molar-refractivity contribution in [2.24, 2.45) is 0 Å². The number of halogens is 5. The lowest BCUT2D eigenvalue weighted by Crippen LogP contribution is -2.28. The molecule has 1 amide bonds. The topological polar surface area (TPSA) is 132 Å². The Morgan fingerprint density at radius 2 is 1.88 bits per heavy atom. The summed E-state index contributed by atoms with van der Waals surface area (Å²) in [6, 6.07) is 5.41. The fourth-order valence-electron chi connectivity index (χ4n) is 2.47. The first-order valence-electron chi connectivity index (χ1n) is 8.49. The summed E-state index contributed by atoms with van der Waals surface area (Å²) in [7, 11) is 0. The van der Waals surface area contributed by atoms with E-state index in [1.807, 2.05) is 0 Å². The average Bonchev–Trinajstić information content (AvgIpc) is 3.21. The third-order valence-electron chi connectivity index (χ3n) is 3.92. The highest BCUT2D eigenvalue weighted by molar-refractivity contribution is 5.93. The standard InChI is InChI=1S/C17H11F5N6O4/c18-10-5-8(15(29)26-31)6-11(19)9(10)7-28-25-14(24-27-28)13(12-3-1-2-4-23-12)32-16(30)17(20,21)22/h1-6,13,31H,7H2,(H,26,29). The first-order chi connectivity index (χ1) is 15.1. The Balaban J connectivity index is 1.90. The van der Waals surface area contributed by atoms with Gasteiger partial charge in [0.1, 0.15) is 11.6 Å². The van der Waals surface area contributed by atoms with Crippen molar-refractivity contribution in [3.63, 3.8) is 0 Å². The Hall–Kier alpha value is -4.01. The lowest BCUT2D eigenvalue weighted by molar-refractivity contribution is -0.204. The normalized spacial score (nSPS) is 12.3. The zero-order valence-electron chi connectivity index (χ0n) is 15.5. The number of nitrogens with one attached hydrogen (secondary N) is 1. The number of esters is 1. The lowest BCUT2D eigenvalue weighted by Gasteiger charge is -2.15. The summed E-state index contributed by atoms with van der Waals surface area (Å²) in [5.74, 6) is -6.59. The molecule has 1 aromatic carbocycles. The molecule has 1 unspecified atom stereocenters. The summed E-state index contributed by atoms with van der Waals surface area (Å²) in [5, 5.41) is 19.3. The number of nitrogens with zero attached hydrogens (tertiary/aromatic N) is 5. The molecule has 15 heteroatoms. The van der Waals surface area contributed by atoms with E-state index in [1.54, 1.807) is 0 Å². The monoisotopic (exact) mass is 458 g/mol. The van der Waals surface area contributed by atoms with E-state index in [4.69, 9.17) is 5.21 Å². The van der Waals surface area contributed by atoms with Gasteiger partial charge in [0, 0.05) is 17.3 Å². The minimum Gasteiger partial charge on any atom is -0.441 e. The van der Waals surface area contributed by atoms with Gasteiger partial charge in [-0.05, 0) is 29.5 Å². The Morgan fingerprint density at radius 1 is 1.19 bits per heavy atom. The number of tetrazole rings is 1. The molecule has 0 saturated carbocycles. The molecule has 0 spiro atoms. The summed E-state index contributed by atoms with van der Waals surface area (Å²) < 4.78 is 70.9.